The van der Waals surface area contributed by atoms with Crippen LogP contribution in [-0.2, 0) is 0 Å². The molecule has 0 unspecified atom stereocenters. The monoisotopic (exact) mass is 301 g/mol. The number of hydrogen-bond donors (Lipinski definition) is 2. The lowest BCUT2D eigenvalue weighted by atomic mass is 9.99. The summed E-state index contributed by atoms with van der Waals surface area (Å²) in [5.74, 6) is 0.116. The molecule has 0 aliphatic heterocycles. The molecule has 0 aliphatic rings. The van der Waals surface area contributed by atoms with Gasteiger partial charge in [0.05, 0.1) is 11.3 Å². The predicted octanol–water partition coefficient (Wildman–Crippen LogP) is 4.43. The van der Waals surface area contributed by atoms with Crippen LogP contribution in [0.4, 0.5) is 10.2 Å². The van der Waals surface area contributed by atoms with E-state index in [2.05, 4.69) is 10.2 Å². The summed E-state index contributed by atoms with van der Waals surface area (Å²) >= 11 is 6.25. The van der Waals surface area contributed by atoms with E-state index in [4.69, 9.17) is 17.3 Å². The molecule has 0 bridgehead atoms. The van der Waals surface area contributed by atoms with Crippen molar-refractivity contribution in [2.75, 3.05) is 5.73 Å². The number of anilines is 1. The molecule has 1 aromatic heterocycles. The molecule has 0 saturated carbocycles. The number of nitrogens with one attached hydrogen (secondary N) is 1. The molecule has 0 spiro atoms. The van der Waals surface area contributed by atoms with Crippen molar-refractivity contribution in [3.8, 4) is 22.4 Å². The van der Waals surface area contributed by atoms with Gasteiger partial charge < -0.3 is 5.73 Å². The summed E-state index contributed by atoms with van der Waals surface area (Å²) in [7, 11) is 0. The van der Waals surface area contributed by atoms with Crippen molar-refractivity contribution in [1.29, 1.82) is 0 Å². The number of aryl methyl sites for hydroxylation is 1. The fraction of sp³-hybridized carbons (Fsp3) is 0.0625. The Kier molecular flexibility index (Phi) is 3.39. The van der Waals surface area contributed by atoms with E-state index in [1.54, 1.807) is 25.1 Å². The third kappa shape index (κ3) is 2.38. The van der Waals surface area contributed by atoms with Crippen LogP contribution in [0.25, 0.3) is 22.4 Å². The fourth-order valence-electron chi connectivity index (χ4n) is 2.30. The molecule has 21 heavy (non-hydrogen) atoms. The first-order valence-corrected chi connectivity index (χ1v) is 6.81. The number of hydrogen-bond acceptors (Lipinski definition) is 2. The molecular formula is C16H13ClFN3. The second-order valence-electron chi connectivity index (χ2n) is 4.80. The Morgan fingerprint density at radius 3 is 2.67 bits per heavy atom. The van der Waals surface area contributed by atoms with Gasteiger partial charge in [0.2, 0.25) is 0 Å². The van der Waals surface area contributed by atoms with Crippen molar-refractivity contribution in [2.24, 2.45) is 0 Å². The van der Waals surface area contributed by atoms with Crippen molar-refractivity contribution in [1.82, 2.24) is 10.2 Å². The number of H-pyrrole nitrogens is 1. The highest BCUT2D eigenvalue weighted by Gasteiger charge is 2.17. The number of nitrogens with zero attached hydrogens (tertiary/aromatic N) is 1. The van der Waals surface area contributed by atoms with Crippen LogP contribution in [0.5, 0.6) is 0 Å². The molecule has 0 radical (unpaired) electrons. The van der Waals surface area contributed by atoms with Gasteiger partial charge in [-0.3, -0.25) is 5.10 Å². The van der Waals surface area contributed by atoms with Crippen LogP contribution in [-0.4, -0.2) is 10.2 Å². The van der Waals surface area contributed by atoms with Crippen LogP contribution in [0.15, 0.2) is 42.5 Å². The summed E-state index contributed by atoms with van der Waals surface area (Å²) in [5.41, 5.74) is 9.59. The Balaban J connectivity index is 2.22. The van der Waals surface area contributed by atoms with Crippen LogP contribution >= 0.6 is 11.6 Å². The van der Waals surface area contributed by atoms with Crippen LogP contribution in [0.1, 0.15) is 5.56 Å². The standard InChI is InChI=1S/C16H13ClFN3/c1-9-8-10(6-7-13(9)18)15-14(16(19)21-20-15)11-4-2-3-5-12(11)17/h2-8H,1H3,(H3,19,20,21). The summed E-state index contributed by atoms with van der Waals surface area (Å²) in [6.07, 6.45) is 0. The number of nitrogens with two attached hydrogens (primary N) is 1. The van der Waals surface area contributed by atoms with Crippen molar-refractivity contribution in [3.05, 3.63) is 58.9 Å². The molecule has 2 aromatic carbocycles. The van der Waals surface area contributed by atoms with Crippen LogP contribution in [0.2, 0.25) is 5.02 Å². The number of rotatable bonds is 2. The first kappa shape index (κ1) is 13.6. The van der Waals surface area contributed by atoms with Gasteiger partial charge in [0.15, 0.2) is 5.82 Å². The number of halogens is 2. The van der Waals surface area contributed by atoms with E-state index < -0.39 is 0 Å². The van der Waals surface area contributed by atoms with Gasteiger partial charge in [0.25, 0.3) is 0 Å². The predicted molar refractivity (Wildman–Crippen MR) is 83.6 cm³/mol. The molecule has 0 fully saturated rings. The normalized spacial score (nSPS) is 10.8. The Labute approximate surface area is 126 Å². The molecular weight excluding hydrogens is 289 g/mol. The number of aromatic nitrogens is 2. The summed E-state index contributed by atoms with van der Waals surface area (Å²) < 4.78 is 13.4. The lowest BCUT2D eigenvalue weighted by Crippen LogP contribution is -1.90. The fourth-order valence-corrected chi connectivity index (χ4v) is 2.53. The van der Waals surface area contributed by atoms with E-state index in [1.165, 1.54) is 6.07 Å². The molecule has 106 valence electrons. The van der Waals surface area contributed by atoms with Gasteiger partial charge in [-0.2, -0.15) is 5.10 Å². The van der Waals surface area contributed by atoms with Gasteiger partial charge in [-0.1, -0.05) is 29.8 Å². The molecule has 3 rings (SSSR count). The van der Waals surface area contributed by atoms with E-state index in [0.29, 0.717) is 16.4 Å². The maximum absolute atomic E-state index is 13.4. The second-order valence-corrected chi connectivity index (χ2v) is 5.21. The zero-order valence-corrected chi connectivity index (χ0v) is 12.1. The van der Waals surface area contributed by atoms with Crippen LogP contribution in [0.3, 0.4) is 0 Å². The van der Waals surface area contributed by atoms with E-state index >= 15 is 0 Å². The minimum Gasteiger partial charge on any atom is -0.382 e. The quantitative estimate of drug-likeness (QED) is 0.736. The lowest BCUT2D eigenvalue weighted by Gasteiger charge is -2.07. The zero-order valence-electron chi connectivity index (χ0n) is 11.3. The topological polar surface area (TPSA) is 54.7 Å². The highest BCUT2D eigenvalue weighted by molar-refractivity contribution is 6.33. The third-order valence-electron chi connectivity index (χ3n) is 3.38. The lowest BCUT2D eigenvalue weighted by molar-refractivity contribution is 0.619. The minimum atomic E-state index is -0.245. The summed E-state index contributed by atoms with van der Waals surface area (Å²) in [5, 5.41) is 7.56. The van der Waals surface area contributed by atoms with Gasteiger partial charge in [-0.15, -0.1) is 0 Å². The van der Waals surface area contributed by atoms with Crippen molar-refractivity contribution in [2.45, 2.75) is 6.92 Å². The molecule has 3 N–H and O–H groups in total. The maximum Gasteiger partial charge on any atom is 0.153 e. The third-order valence-corrected chi connectivity index (χ3v) is 3.71. The van der Waals surface area contributed by atoms with Crippen LogP contribution in [0, 0.1) is 12.7 Å². The molecule has 3 aromatic rings. The van der Waals surface area contributed by atoms with Gasteiger partial charge in [-0.05, 0) is 36.8 Å². The molecule has 5 heteroatoms. The van der Waals surface area contributed by atoms with E-state index in [-0.39, 0.29) is 5.82 Å². The Morgan fingerprint density at radius 2 is 1.95 bits per heavy atom. The molecule has 3 nitrogen and oxygen atoms in total. The molecule has 0 saturated heterocycles. The smallest absolute Gasteiger partial charge is 0.153 e. The Bertz CT molecular complexity index is 811. The van der Waals surface area contributed by atoms with Gasteiger partial charge in [0, 0.05) is 16.1 Å². The first-order valence-electron chi connectivity index (χ1n) is 6.43. The number of benzene rings is 2. The summed E-state index contributed by atoms with van der Waals surface area (Å²) in [4.78, 5) is 0. The van der Waals surface area contributed by atoms with E-state index in [1.807, 2.05) is 18.2 Å². The average molecular weight is 302 g/mol. The highest BCUT2D eigenvalue weighted by Crippen LogP contribution is 2.38. The van der Waals surface area contributed by atoms with Gasteiger partial charge in [0.1, 0.15) is 5.82 Å². The largest absolute Gasteiger partial charge is 0.382 e. The Morgan fingerprint density at radius 1 is 1.19 bits per heavy atom. The maximum atomic E-state index is 13.4. The molecule has 0 atom stereocenters. The Hall–Kier alpha value is -2.33. The SMILES string of the molecule is Cc1cc(-c2[nH]nc(N)c2-c2ccccc2Cl)ccc1F. The minimum absolute atomic E-state index is 0.245. The van der Waals surface area contributed by atoms with E-state index in [9.17, 15) is 4.39 Å². The van der Waals surface area contributed by atoms with Crippen LogP contribution < -0.4 is 5.73 Å². The highest BCUT2D eigenvalue weighted by atomic mass is 35.5. The molecule has 0 amide bonds. The number of nitrogen functional groups attached to an aromatic ring is 1. The zero-order chi connectivity index (χ0) is 15.0. The summed E-state index contributed by atoms with van der Waals surface area (Å²) in [6.45, 7) is 1.72. The molecule has 1 heterocycles. The summed E-state index contributed by atoms with van der Waals surface area (Å²) in [6, 6.07) is 12.3. The average Bonchev–Trinajstić information content (AvgIpc) is 2.84. The second kappa shape index (κ2) is 5.22. The van der Waals surface area contributed by atoms with Crippen molar-refractivity contribution < 1.29 is 4.39 Å². The number of aromatic amines is 1. The van der Waals surface area contributed by atoms with E-state index in [0.717, 1.165) is 22.4 Å². The first-order chi connectivity index (χ1) is 10.1. The molecule has 0 aliphatic carbocycles. The van der Waals surface area contributed by atoms with Gasteiger partial charge in [-0.25, -0.2) is 4.39 Å². The van der Waals surface area contributed by atoms with Gasteiger partial charge >= 0.3 is 0 Å². The van der Waals surface area contributed by atoms with Crippen molar-refractivity contribution >= 4 is 17.4 Å². The van der Waals surface area contributed by atoms with Crippen molar-refractivity contribution in [3.63, 3.8) is 0 Å².